The van der Waals surface area contributed by atoms with Crippen LogP contribution in [0.5, 0.6) is 0 Å². The van der Waals surface area contributed by atoms with Crippen LogP contribution in [0.2, 0.25) is 0 Å². The van der Waals surface area contributed by atoms with E-state index in [-0.39, 0.29) is 23.8 Å². The van der Waals surface area contributed by atoms with E-state index in [1.54, 1.807) is 13.0 Å². The van der Waals surface area contributed by atoms with Crippen LogP contribution in [-0.4, -0.2) is 22.9 Å². The van der Waals surface area contributed by atoms with Gasteiger partial charge in [0.1, 0.15) is 5.82 Å². The topological polar surface area (TPSA) is 46.3 Å². The molecule has 2 fully saturated rings. The summed E-state index contributed by atoms with van der Waals surface area (Å²) in [6.07, 6.45) is 2.46. The molecular formula is C14H17FN2O. The lowest BCUT2D eigenvalue weighted by Gasteiger charge is -2.27. The van der Waals surface area contributed by atoms with Crippen molar-refractivity contribution >= 4 is 5.91 Å². The van der Waals surface area contributed by atoms with Crippen molar-refractivity contribution in [3.63, 3.8) is 0 Å². The maximum Gasteiger partial charge on any atom is 0.225 e. The highest BCUT2D eigenvalue weighted by molar-refractivity contribution is 5.81. The average Bonchev–Trinajstić information content (AvgIpc) is 3.09. The average molecular weight is 248 g/mol. The maximum absolute atomic E-state index is 13.7. The fraction of sp³-hybridized carbons (Fsp3) is 0.500. The molecule has 96 valence electrons. The number of hydrogen-bond donors (Lipinski definition) is 1. The molecule has 4 heteroatoms. The Morgan fingerprint density at radius 1 is 1.39 bits per heavy atom. The second-order valence-electron chi connectivity index (χ2n) is 5.35. The molecule has 1 aromatic carbocycles. The van der Waals surface area contributed by atoms with Crippen molar-refractivity contribution in [3.05, 3.63) is 35.1 Å². The summed E-state index contributed by atoms with van der Waals surface area (Å²) in [7, 11) is 0. The monoisotopic (exact) mass is 248 g/mol. The molecule has 2 aliphatic rings. The van der Waals surface area contributed by atoms with Gasteiger partial charge in [-0.3, -0.25) is 4.79 Å². The van der Waals surface area contributed by atoms with Gasteiger partial charge in [0.15, 0.2) is 0 Å². The molecular weight excluding hydrogens is 231 g/mol. The Morgan fingerprint density at radius 2 is 2.11 bits per heavy atom. The molecule has 18 heavy (non-hydrogen) atoms. The number of nitrogens with zero attached hydrogens (tertiary/aromatic N) is 1. The molecule has 1 aliphatic carbocycles. The Balaban J connectivity index is 1.97. The number of hydrogen-bond acceptors (Lipinski definition) is 2. The van der Waals surface area contributed by atoms with Gasteiger partial charge in [0.25, 0.3) is 0 Å². The van der Waals surface area contributed by atoms with Gasteiger partial charge in [0, 0.05) is 18.5 Å². The van der Waals surface area contributed by atoms with Gasteiger partial charge in [-0.05, 0) is 37.0 Å². The van der Waals surface area contributed by atoms with Gasteiger partial charge in [-0.15, -0.1) is 0 Å². The second-order valence-corrected chi connectivity index (χ2v) is 5.35. The van der Waals surface area contributed by atoms with Crippen LogP contribution in [0.4, 0.5) is 4.39 Å². The van der Waals surface area contributed by atoms with Crippen molar-refractivity contribution < 1.29 is 9.18 Å². The number of nitrogens with two attached hydrogens (primary N) is 1. The van der Waals surface area contributed by atoms with Crippen molar-refractivity contribution in [2.24, 2.45) is 5.73 Å². The number of carbonyl (C=O) groups excluding carboxylic acids is 1. The number of aryl methyl sites for hydroxylation is 1. The molecule has 1 aromatic rings. The predicted molar refractivity (Wildman–Crippen MR) is 66.3 cm³/mol. The molecule has 1 aliphatic heterocycles. The summed E-state index contributed by atoms with van der Waals surface area (Å²) < 4.78 is 13.7. The first-order chi connectivity index (χ1) is 8.58. The highest BCUT2D eigenvalue weighted by Gasteiger charge is 2.45. The first-order valence-corrected chi connectivity index (χ1v) is 6.40. The van der Waals surface area contributed by atoms with E-state index < -0.39 is 0 Å². The van der Waals surface area contributed by atoms with Crippen LogP contribution in [0.3, 0.4) is 0 Å². The van der Waals surface area contributed by atoms with E-state index >= 15 is 0 Å². The lowest BCUT2D eigenvalue weighted by molar-refractivity contribution is -0.129. The SMILES string of the molecule is Cc1ccc(C2C(N)CC(=O)N2C2CC2)cc1F. The van der Waals surface area contributed by atoms with Gasteiger partial charge in [-0.2, -0.15) is 0 Å². The Hall–Kier alpha value is -1.42. The molecule has 1 amide bonds. The lowest BCUT2D eigenvalue weighted by atomic mass is 9.99. The van der Waals surface area contributed by atoms with Gasteiger partial charge in [-0.1, -0.05) is 12.1 Å². The highest BCUT2D eigenvalue weighted by atomic mass is 19.1. The van der Waals surface area contributed by atoms with Crippen LogP contribution >= 0.6 is 0 Å². The van der Waals surface area contributed by atoms with E-state index in [0.717, 1.165) is 18.4 Å². The molecule has 2 N–H and O–H groups in total. The molecule has 0 bridgehead atoms. The Kier molecular flexibility index (Phi) is 2.63. The van der Waals surface area contributed by atoms with Crippen LogP contribution in [0.25, 0.3) is 0 Å². The number of rotatable bonds is 2. The summed E-state index contributed by atoms with van der Waals surface area (Å²) in [6, 6.07) is 5.11. The largest absolute Gasteiger partial charge is 0.331 e. The normalized spacial score (nSPS) is 27.9. The molecule has 1 heterocycles. The Morgan fingerprint density at radius 3 is 2.72 bits per heavy atom. The van der Waals surface area contributed by atoms with Crippen LogP contribution < -0.4 is 5.73 Å². The van der Waals surface area contributed by atoms with Gasteiger partial charge < -0.3 is 10.6 Å². The van der Waals surface area contributed by atoms with E-state index in [4.69, 9.17) is 5.73 Å². The fourth-order valence-electron chi connectivity index (χ4n) is 2.76. The molecule has 3 rings (SSSR count). The van der Waals surface area contributed by atoms with Gasteiger partial charge >= 0.3 is 0 Å². The summed E-state index contributed by atoms with van der Waals surface area (Å²) >= 11 is 0. The third-order valence-electron chi connectivity index (χ3n) is 3.88. The third kappa shape index (κ3) is 1.81. The smallest absolute Gasteiger partial charge is 0.225 e. The first kappa shape index (κ1) is 11.7. The van der Waals surface area contributed by atoms with Crippen LogP contribution in [0.15, 0.2) is 18.2 Å². The van der Waals surface area contributed by atoms with Crippen LogP contribution in [-0.2, 0) is 4.79 Å². The zero-order valence-corrected chi connectivity index (χ0v) is 10.4. The molecule has 0 spiro atoms. The molecule has 0 radical (unpaired) electrons. The van der Waals surface area contributed by atoms with Crippen molar-refractivity contribution in [2.45, 2.75) is 44.3 Å². The van der Waals surface area contributed by atoms with Gasteiger partial charge in [-0.25, -0.2) is 4.39 Å². The second kappa shape index (κ2) is 4.05. The van der Waals surface area contributed by atoms with Crippen molar-refractivity contribution in [1.82, 2.24) is 4.90 Å². The summed E-state index contributed by atoms with van der Waals surface area (Å²) in [5.74, 6) is -0.120. The summed E-state index contributed by atoms with van der Waals surface area (Å²) in [6.45, 7) is 1.73. The number of halogens is 1. The standard InChI is InChI=1S/C14H17FN2O/c1-8-2-3-9(6-11(8)15)14-12(16)7-13(18)17(14)10-4-5-10/h2-3,6,10,12,14H,4-5,7,16H2,1H3. The lowest BCUT2D eigenvalue weighted by Crippen LogP contribution is -2.34. The minimum atomic E-state index is -0.227. The van der Waals surface area contributed by atoms with E-state index in [1.165, 1.54) is 6.07 Å². The molecule has 1 saturated carbocycles. The molecule has 2 unspecified atom stereocenters. The Labute approximate surface area is 106 Å². The van der Waals surface area contributed by atoms with E-state index in [0.29, 0.717) is 18.0 Å². The number of likely N-dealkylation sites (tertiary alicyclic amines) is 1. The fourth-order valence-corrected chi connectivity index (χ4v) is 2.76. The van der Waals surface area contributed by atoms with Crippen LogP contribution in [0, 0.1) is 12.7 Å². The predicted octanol–water partition coefficient (Wildman–Crippen LogP) is 1.90. The minimum absolute atomic E-state index is 0.107. The van der Waals surface area contributed by atoms with E-state index in [1.807, 2.05) is 11.0 Å². The van der Waals surface area contributed by atoms with Crippen molar-refractivity contribution in [1.29, 1.82) is 0 Å². The van der Waals surface area contributed by atoms with Crippen LogP contribution in [0.1, 0.15) is 36.4 Å². The van der Waals surface area contributed by atoms with E-state index in [9.17, 15) is 9.18 Å². The van der Waals surface area contributed by atoms with Gasteiger partial charge in [0.2, 0.25) is 5.91 Å². The number of amides is 1. The highest BCUT2D eigenvalue weighted by Crippen LogP contribution is 2.41. The maximum atomic E-state index is 13.7. The summed E-state index contributed by atoms with van der Waals surface area (Å²) in [5.41, 5.74) is 7.50. The molecule has 1 saturated heterocycles. The molecule has 3 nitrogen and oxygen atoms in total. The number of carbonyl (C=O) groups is 1. The molecule has 2 atom stereocenters. The number of benzene rings is 1. The van der Waals surface area contributed by atoms with Gasteiger partial charge in [0.05, 0.1) is 6.04 Å². The quantitative estimate of drug-likeness (QED) is 0.868. The zero-order chi connectivity index (χ0) is 12.9. The first-order valence-electron chi connectivity index (χ1n) is 6.40. The molecule has 0 aromatic heterocycles. The summed E-state index contributed by atoms with van der Waals surface area (Å²) in [4.78, 5) is 13.8. The van der Waals surface area contributed by atoms with Crippen molar-refractivity contribution in [3.8, 4) is 0 Å². The summed E-state index contributed by atoms with van der Waals surface area (Å²) in [5, 5.41) is 0. The van der Waals surface area contributed by atoms with Crippen molar-refractivity contribution in [2.75, 3.05) is 0 Å². The minimum Gasteiger partial charge on any atom is -0.331 e. The third-order valence-corrected chi connectivity index (χ3v) is 3.88. The zero-order valence-electron chi connectivity index (χ0n) is 10.4. The van der Waals surface area contributed by atoms with E-state index in [2.05, 4.69) is 0 Å². The Bertz CT molecular complexity index is 499.